The molecule has 0 bridgehead atoms. The molecule has 1 fully saturated rings. The van der Waals surface area contributed by atoms with Gasteiger partial charge < -0.3 is 9.80 Å². The van der Waals surface area contributed by atoms with E-state index in [4.69, 9.17) is 6.42 Å². The van der Waals surface area contributed by atoms with Gasteiger partial charge in [0.25, 0.3) is 5.91 Å². The average Bonchev–Trinajstić information content (AvgIpc) is 3.25. The van der Waals surface area contributed by atoms with Crippen molar-refractivity contribution in [1.82, 2.24) is 24.4 Å². The summed E-state index contributed by atoms with van der Waals surface area (Å²) in [5, 5.41) is 4.64. The fraction of sp³-hybridized carbons (Fsp3) is 0.385. The maximum atomic E-state index is 13.4. The molecule has 176 valence electrons. The lowest BCUT2D eigenvalue weighted by Gasteiger charge is -2.39. The first-order chi connectivity index (χ1) is 16.3. The molecule has 0 spiro atoms. The summed E-state index contributed by atoms with van der Waals surface area (Å²) in [6.45, 7) is 7.37. The van der Waals surface area contributed by atoms with Crippen LogP contribution in [-0.4, -0.2) is 61.9 Å². The summed E-state index contributed by atoms with van der Waals surface area (Å²) >= 11 is 0. The summed E-state index contributed by atoms with van der Waals surface area (Å²) in [7, 11) is 0. The molecule has 34 heavy (non-hydrogen) atoms. The fourth-order valence-electron chi connectivity index (χ4n) is 4.29. The van der Waals surface area contributed by atoms with Gasteiger partial charge in [-0.3, -0.25) is 9.59 Å². The minimum absolute atomic E-state index is 0.0179. The number of hydrogen-bond donors (Lipinski definition) is 0. The van der Waals surface area contributed by atoms with Crippen molar-refractivity contribution in [2.24, 2.45) is 0 Å². The van der Waals surface area contributed by atoms with Gasteiger partial charge in [-0.05, 0) is 43.2 Å². The van der Waals surface area contributed by atoms with E-state index in [-0.39, 0.29) is 29.6 Å². The molecular formula is C26H28FN5O2. The smallest absolute Gasteiger partial charge is 0.274 e. The lowest BCUT2D eigenvalue weighted by atomic mass is 10.0. The molecule has 4 rings (SSSR count). The maximum Gasteiger partial charge on any atom is 0.274 e. The van der Waals surface area contributed by atoms with Crippen LogP contribution in [0.2, 0.25) is 0 Å². The minimum Gasteiger partial charge on any atom is -0.336 e. The number of terminal acetylenes is 1. The Kier molecular flexibility index (Phi) is 6.64. The Labute approximate surface area is 198 Å². The second-order valence-electron chi connectivity index (χ2n) is 8.93. The lowest BCUT2D eigenvalue weighted by Crippen LogP contribution is -2.55. The molecule has 0 N–H and O–H groups in total. The van der Waals surface area contributed by atoms with Gasteiger partial charge in [0.05, 0.1) is 11.9 Å². The SMILES string of the molecule is C#CCCC(=O)N1CCN(C(=O)c2cn3nc(-c4ccc(F)cc4)cc(C(C)C)c3n2)C[C@@H]1C. The third-order valence-electron chi connectivity index (χ3n) is 6.15. The first-order valence-electron chi connectivity index (χ1n) is 11.5. The Balaban J connectivity index is 1.59. The van der Waals surface area contributed by atoms with E-state index in [0.717, 1.165) is 11.1 Å². The largest absolute Gasteiger partial charge is 0.336 e. The molecule has 0 aliphatic carbocycles. The zero-order chi connectivity index (χ0) is 24.4. The molecule has 1 aliphatic heterocycles. The quantitative estimate of drug-likeness (QED) is 0.543. The predicted molar refractivity (Wildman–Crippen MR) is 128 cm³/mol. The van der Waals surface area contributed by atoms with Crippen LogP contribution in [-0.2, 0) is 4.79 Å². The first kappa shape index (κ1) is 23.4. The molecule has 1 saturated heterocycles. The second kappa shape index (κ2) is 9.64. The van der Waals surface area contributed by atoms with Crippen LogP contribution in [0.3, 0.4) is 0 Å². The second-order valence-corrected chi connectivity index (χ2v) is 8.93. The Morgan fingerprint density at radius 1 is 1.24 bits per heavy atom. The number of imidazole rings is 1. The molecule has 0 unspecified atom stereocenters. The number of rotatable bonds is 5. The molecule has 2 amide bonds. The zero-order valence-corrected chi connectivity index (χ0v) is 19.7. The number of nitrogens with zero attached hydrogens (tertiary/aromatic N) is 5. The Bertz CT molecular complexity index is 1260. The number of aromatic nitrogens is 3. The number of carbonyl (C=O) groups excluding carboxylic acids is 2. The standard InChI is InChI=1S/C26H28FN5O2/c1-5-6-7-24(33)31-13-12-30(15-18(31)4)26(34)23-16-32-25(28-23)21(17(2)3)14-22(29-32)19-8-10-20(27)11-9-19/h1,8-11,14,16-18H,6-7,12-13,15H2,2-4H3/t18-/m0/s1. The van der Waals surface area contributed by atoms with Crippen molar-refractivity contribution < 1.29 is 14.0 Å². The van der Waals surface area contributed by atoms with Gasteiger partial charge in [0.1, 0.15) is 11.5 Å². The van der Waals surface area contributed by atoms with Crippen molar-refractivity contribution in [3.05, 3.63) is 53.6 Å². The molecule has 1 aliphatic rings. The van der Waals surface area contributed by atoms with E-state index in [1.54, 1.807) is 32.6 Å². The van der Waals surface area contributed by atoms with Crippen LogP contribution in [0.15, 0.2) is 36.5 Å². The summed E-state index contributed by atoms with van der Waals surface area (Å²) in [5.41, 5.74) is 3.35. The summed E-state index contributed by atoms with van der Waals surface area (Å²) in [5.74, 6) is 2.16. The van der Waals surface area contributed by atoms with Gasteiger partial charge in [-0.25, -0.2) is 13.9 Å². The van der Waals surface area contributed by atoms with Gasteiger partial charge in [-0.15, -0.1) is 12.3 Å². The zero-order valence-electron chi connectivity index (χ0n) is 19.7. The van der Waals surface area contributed by atoms with Crippen molar-refractivity contribution in [1.29, 1.82) is 0 Å². The summed E-state index contributed by atoms with van der Waals surface area (Å²) in [4.78, 5) is 33.8. The summed E-state index contributed by atoms with van der Waals surface area (Å²) < 4.78 is 15.0. The number of piperazine rings is 1. The van der Waals surface area contributed by atoms with Crippen LogP contribution in [0.5, 0.6) is 0 Å². The normalized spacial score (nSPS) is 16.2. The Hall–Kier alpha value is -3.73. The van der Waals surface area contributed by atoms with Crippen LogP contribution in [0.25, 0.3) is 16.9 Å². The monoisotopic (exact) mass is 461 g/mol. The van der Waals surface area contributed by atoms with E-state index in [9.17, 15) is 14.0 Å². The van der Waals surface area contributed by atoms with Crippen molar-refractivity contribution in [3.8, 4) is 23.6 Å². The van der Waals surface area contributed by atoms with Gasteiger partial charge >= 0.3 is 0 Å². The molecular weight excluding hydrogens is 433 g/mol. The van der Waals surface area contributed by atoms with E-state index >= 15 is 0 Å². The number of hydrogen-bond acceptors (Lipinski definition) is 4. The van der Waals surface area contributed by atoms with Gasteiger partial charge in [0.15, 0.2) is 5.65 Å². The third kappa shape index (κ3) is 4.65. The number of halogens is 1. The van der Waals surface area contributed by atoms with Crippen molar-refractivity contribution in [2.75, 3.05) is 19.6 Å². The van der Waals surface area contributed by atoms with Gasteiger partial charge in [0.2, 0.25) is 5.91 Å². The molecule has 1 atom stereocenters. The Morgan fingerprint density at radius 3 is 2.62 bits per heavy atom. The van der Waals surface area contributed by atoms with E-state index < -0.39 is 0 Å². The molecule has 0 saturated carbocycles. The number of amides is 2. The van der Waals surface area contributed by atoms with E-state index in [2.05, 4.69) is 29.9 Å². The topological polar surface area (TPSA) is 70.8 Å². The van der Waals surface area contributed by atoms with Gasteiger partial charge in [0, 0.05) is 49.6 Å². The van der Waals surface area contributed by atoms with Crippen LogP contribution in [0.1, 0.15) is 55.6 Å². The molecule has 3 aromatic rings. The highest BCUT2D eigenvalue weighted by atomic mass is 19.1. The van der Waals surface area contributed by atoms with Crippen LogP contribution >= 0.6 is 0 Å². The summed E-state index contributed by atoms with van der Waals surface area (Å²) in [6, 6.07) is 8.01. The van der Waals surface area contributed by atoms with E-state index in [1.165, 1.54) is 12.1 Å². The first-order valence-corrected chi connectivity index (χ1v) is 11.5. The van der Waals surface area contributed by atoms with Crippen molar-refractivity contribution in [2.45, 2.75) is 45.6 Å². The van der Waals surface area contributed by atoms with E-state index in [0.29, 0.717) is 49.5 Å². The average molecular weight is 462 g/mol. The highest BCUT2D eigenvalue weighted by Crippen LogP contribution is 2.26. The Morgan fingerprint density at radius 2 is 1.97 bits per heavy atom. The van der Waals surface area contributed by atoms with Gasteiger partial charge in [-0.1, -0.05) is 13.8 Å². The number of fused-ring (bicyclic) bond motifs is 1. The van der Waals surface area contributed by atoms with E-state index in [1.807, 2.05) is 13.0 Å². The molecule has 8 heteroatoms. The van der Waals surface area contributed by atoms with Crippen molar-refractivity contribution in [3.63, 3.8) is 0 Å². The van der Waals surface area contributed by atoms with Gasteiger partial charge in [-0.2, -0.15) is 5.10 Å². The molecule has 2 aromatic heterocycles. The third-order valence-corrected chi connectivity index (χ3v) is 6.15. The predicted octanol–water partition coefficient (Wildman–Crippen LogP) is 3.75. The maximum absolute atomic E-state index is 13.4. The minimum atomic E-state index is -0.309. The van der Waals surface area contributed by atoms with Crippen molar-refractivity contribution >= 4 is 17.5 Å². The summed E-state index contributed by atoms with van der Waals surface area (Å²) in [6.07, 6.45) is 7.65. The number of benzene rings is 1. The highest BCUT2D eigenvalue weighted by molar-refractivity contribution is 5.93. The lowest BCUT2D eigenvalue weighted by molar-refractivity contribution is -0.135. The molecule has 1 aromatic carbocycles. The van der Waals surface area contributed by atoms with Crippen LogP contribution in [0, 0.1) is 18.2 Å². The molecule has 7 nitrogen and oxygen atoms in total. The van der Waals surface area contributed by atoms with Crippen LogP contribution in [0.4, 0.5) is 4.39 Å². The highest BCUT2D eigenvalue weighted by Gasteiger charge is 2.31. The van der Waals surface area contributed by atoms with Crippen LogP contribution < -0.4 is 0 Å². The molecule has 3 heterocycles. The molecule has 0 radical (unpaired) electrons. The number of carbonyl (C=O) groups is 2. The fourth-order valence-corrected chi connectivity index (χ4v) is 4.29.